The Hall–Kier alpha value is -1.48. The van der Waals surface area contributed by atoms with Crippen LogP contribution in [0.5, 0.6) is 0 Å². The number of carbonyl (C=O) groups is 1. The van der Waals surface area contributed by atoms with Crippen molar-refractivity contribution in [1.82, 2.24) is 9.21 Å². The lowest BCUT2D eigenvalue weighted by Crippen LogP contribution is -2.41. The first-order chi connectivity index (χ1) is 14.1. The van der Waals surface area contributed by atoms with Crippen molar-refractivity contribution in [2.24, 2.45) is 5.92 Å². The number of hydrogen-bond donors (Lipinski definition) is 0. The van der Waals surface area contributed by atoms with Crippen LogP contribution in [0.2, 0.25) is 0 Å². The van der Waals surface area contributed by atoms with Gasteiger partial charge in [0.25, 0.3) is 5.91 Å². The molecule has 3 fully saturated rings. The zero-order chi connectivity index (χ0) is 20.3. The van der Waals surface area contributed by atoms with Crippen LogP contribution in [0.15, 0.2) is 29.2 Å². The van der Waals surface area contributed by atoms with Crippen LogP contribution in [-0.4, -0.2) is 69.2 Å². The lowest BCUT2D eigenvalue weighted by Gasteiger charge is -2.34. The first kappa shape index (κ1) is 20.8. The monoisotopic (exact) mass is 422 g/mol. The number of ether oxygens (including phenoxy) is 2. The number of sulfonamides is 1. The van der Waals surface area contributed by atoms with E-state index in [0.29, 0.717) is 50.9 Å². The van der Waals surface area contributed by atoms with Gasteiger partial charge >= 0.3 is 0 Å². The summed E-state index contributed by atoms with van der Waals surface area (Å²) in [5, 5.41) is 0. The number of carbonyl (C=O) groups excluding carboxylic acids is 1. The van der Waals surface area contributed by atoms with Crippen LogP contribution in [-0.2, 0) is 19.5 Å². The highest BCUT2D eigenvalue weighted by Gasteiger charge is 2.32. The van der Waals surface area contributed by atoms with Crippen LogP contribution in [0.4, 0.5) is 0 Å². The Labute approximate surface area is 173 Å². The number of rotatable bonds is 4. The highest BCUT2D eigenvalue weighted by Crippen LogP contribution is 2.27. The number of likely N-dealkylation sites (tertiary alicyclic amines) is 1. The van der Waals surface area contributed by atoms with Gasteiger partial charge in [0, 0.05) is 37.7 Å². The second-order valence-electron chi connectivity index (χ2n) is 8.09. The molecule has 3 aliphatic rings. The molecule has 3 aliphatic heterocycles. The predicted molar refractivity (Wildman–Crippen MR) is 108 cm³/mol. The van der Waals surface area contributed by atoms with Crippen molar-refractivity contribution in [2.45, 2.75) is 49.7 Å². The van der Waals surface area contributed by atoms with E-state index < -0.39 is 10.0 Å². The van der Waals surface area contributed by atoms with Gasteiger partial charge in [-0.1, -0.05) is 18.9 Å². The van der Waals surface area contributed by atoms with Gasteiger partial charge in [-0.3, -0.25) is 4.79 Å². The van der Waals surface area contributed by atoms with E-state index in [1.165, 1.54) is 6.07 Å². The van der Waals surface area contributed by atoms with Crippen LogP contribution in [0.1, 0.15) is 48.9 Å². The van der Waals surface area contributed by atoms with E-state index >= 15 is 0 Å². The highest BCUT2D eigenvalue weighted by molar-refractivity contribution is 7.89. The molecular weight excluding hydrogens is 392 g/mol. The van der Waals surface area contributed by atoms with Crippen molar-refractivity contribution in [3.05, 3.63) is 29.8 Å². The summed E-state index contributed by atoms with van der Waals surface area (Å²) in [6.45, 7) is 3.66. The molecule has 0 spiro atoms. The first-order valence-corrected chi connectivity index (χ1v) is 12.1. The van der Waals surface area contributed by atoms with E-state index in [2.05, 4.69) is 0 Å². The topological polar surface area (TPSA) is 76.2 Å². The van der Waals surface area contributed by atoms with E-state index in [1.807, 2.05) is 4.90 Å². The minimum absolute atomic E-state index is 0.107. The fraction of sp³-hybridized carbons (Fsp3) is 0.667. The van der Waals surface area contributed by atoms with Gasteiger partial charge in [-0.25, -0.2) is 8.42 Å². The molecule has 0 bridgehead atoms. The molecule has 1 aromatic rings. The third-order valence-electron chi connectivity index (χ3n) is 6.14. The molecule has 7 nitrogen and oxygen atoms in total. The summed E-state index contributed by atoms with van der Waals surface area (Å²) in [4.78, 5) is 15.0. The maximum atomic E-state index is 13.1. The molecule has 4 rings (SSSR count). The largest absolute Gasteiger partial charge is 0.350 e. The Morgan fingerprint density at radius 2 is 1.59 bits per heavy atom. The quantitative estimate of drug-likeness (QED) is 0.745. The molecule has 0 N–H and O–H groups in total. The number of hydrogen-bond acceptors (Lipinski definition) is 5. The summed E-state index contributed by atoms with van der Waals surface area (Å²) in [7, 11) is -3.56. The Balaban J connectivity index is 1.43. The summed E-state index contributed by atoms with van der Waals surface area (Å²) >= 11 is 0. The Morgan fingerprint density at radius 3 is 2.24 bits per heavy atom. The van der Waals surface area contributed by atoms with Crippen LogP contribution in [0.25, 0.3) is 0 Å². The van der Waals surface area contributed by atoms with Gasteiger partial charge in [0.15, 0.2) is 6.29 Å². The molecular formula is C21H30N2O5S. The summed E-state index contributed by atoms with van der Waals surface area (Å²) in [5.74, 6) is 0.209. The van der Waals surface area contributed by atoms with Gasteiger partial charge in [0.2, 0.25) is 10.0 Å². The zero-order valence-electron chi connectivity index (χ0n) is 16.8. The summed E-state index contributed by atoms with van der Waals surface area (Å²) in [5.41, 5.74) is 0.438. The number of amides is 1. The van der Waals surface area contributed by atoms with E-state index in [9.17, 15) is 13.2 Å². The Bertz CT molecular complexity index is 806. The Kier molecular flexibility index (Phi) is 6.53. The number of benzene rings is 1. The van der Waals surface area contributed by atoms with Crippen molar-refractivity contribution in [3.8, 4) is 0 Å². The van der Waals surface area contributed by atoms with Crippen LogP contribution >= 0.6 is 0 Å². The number of piperidine rings is 1. The molecule has 1 aromatic carbocycles. The van der Waals surface area contributed by atoms with E-state index in [-0.39, 0.29) is 17.1 Å². The maximum absolute atomic E-state index is 13.1. The van der Waals surface area contributed by atoms with Crippen molar-refractivity contribution < 1.29 is 22.7 Å². The van der Waals surface area contributed by atoms with Crippen molar-refractivity contribution in [2.75, 3.05) is 39.4 Å². The highest BCUT2D eigenvalue weighted by atomic mass is 32.2. The molecule has 3 heterocycles. The van der Waals surface area contributed by atoms with Gasteiger partial charge in [-0.05, 0) is 43.9 Å². The fourth-order valence-electron chi connectivity index (χ4n) is 4.43. The molecule has 0 radical (unpaired) electrons. The average molecular weight is 423 g/mol. The minimum atomic E-state index is -3.56. The summed E-state index contributed by atoms with van der Waals surface area (Å²) in [6, 6.07) is 6.51. The molecule has 0 unspecified atom stereocenters. The molecule has 0 aliphatic carbocycles. The number of nitrogens with zero attached hydrogens (tertiary/aromatic N) is 2. The molecule has 29 heavy (non-hydrogen) atoms. The second kappa shape index (κ2) is 9.12. The smallest absolute Gasteiger partial charge is 0.253 e. The average Bonchev–Trinajstić information content (AvgIpc) is 3.15. The maximum Gasteiger partial charge on any atom is 0.253 e. The van der Waals surface area contributed by atoms with Crippen LogP contribution < -0.4 is 0 Å². The lowest BCUT2D eigenvalue weighted by atomic mass is 9.95. The third kappa shape index (κ3) is 4.66. The van der Waals surface area contributed by atoms with E-state index in [1.54, 1.807) is 22.5 Å². The Morgan fingerprint density at radius 1 is 0.931 bits per heavy atom. The molecule has 0 atom stereocenters. The lowest BCUT2D eigenvalue weighted by molar-refractivity contribution is -0.0956. The standard InChI is InChI=1S/C21H30N2O5S/c24-20(22-12-8-17(9-13-22)21-27-14-15-28-21)18-6-5-7-19(16-18)29(25,26)23-10-3-1-2-4-11-23/h5-7,16-17,21H,1-4,8-15H2. The van der Waals surface area contributed by atoms with Crippen molar-refractivity contribution in [1.29, 1.82) is 0 Å². The molecule has 1 amide bonds. The van der Waals surface area contributed by atoms with E-state index in [4.69, 9.17) is 9.47 Å². The normalized spacial score (nSPS) is 23.2. The van der Waals surface area contributed by atoms with Crippen LogP contribution in [0.3, 0.4) is 0 Å². The first-order valence-electron chi connectivity index (χ1n) is 10.7. The van der Waals surface area contributed by atoms with Gasteiger partial charge < -0.3 is 14.4 Å². The fourth-order valence-corrected chi connectivity index (χ4v) is 5.99. The molecule has 8 heteroatoms. The second-order valence-corrected chi connectivity index (χ2v) is 10.0. The van der Waals surface area contributed by atoms with E-state index in [0.717, 1.165) is 38.5 Å². The van der Waals surface area contributed by atoms with Crippen LogP contribution in [0, 0.1) is 5.92 Å². The van der Waals surface area contributed by atoms with Crippen molar-refractivity contribution in [3.63, 3.8) is 0 Å². The zero-order valence-corrected chi connectivity index (χ0v) is 17.6. The van der Waals surface area contributed by atoms with Crippen molar-refractivity contribution >= 4 is 15.9 Å². The summed E-state index contributed by atoms with van der Waals surface area (Å²) in [6.07, 6.45) is 5.44. The predicted octanol–water partition coefficient (Wildman–Crippen LogP) is 2.48. The van der Waals surface area contributed by atoms with Gasteiger partial charge in [-0.2, -0.15) is 4.31 Å². The van der Waals surface area contributed by atoms with Gasteiger partial charge in [-0.15, -0.1) is 0 Å². The summed E-state index contributed by atoms with van der Waals surface area (Å²) < 4.78 is 38.9. The molecule has 3 saturated heterocycles. The third-order valence-corrected chi connectivity index (χ3v) is 8.04. The molecule has 0 saturated carbocycles. The molecule has 160 valence electrons. The van der Waals surface area contributed by atoms with Gasteiger partial charge in [0.1, 0.15) is 0 Å². The molecule has 0 aromatic heterocycles. The minimum Gasteiger partial charge on any atom is -0.350 e. The SMILES string of the molecule is O=C(c1cccc(S(=O)(=O)N2CCCCCC2)c1)N1CCC(C2OCCO2)CC1. The van der Waals surface area contributed by atoms with Gasteiger partial charge in [0.05, 0.1) is 18.1 Å².